The molecule has 6 nitrogen and oxygen atoms in total. The molecule has 1 amide bonds. The van der Waals surface area contributed by atoms with Crippen LogP contribution < -0.4 is 20.5 Å². The number of carbonyl (C=O) groups excluding carboxylic acids is 1. The molecule has 1 aromatic carbocycles. The number of rotatable bonds is 5. The molecule has 2 aromatic rings. The van der Waals surface area contributed by atoms with E-state index in [1.54, 1.807) is 37.4 Å². The van der Waals surface area contributed by atoms with Gasteiger partial charge in [-0.25, -0.2) is 0 Å². The number of nitrogens with one attached hydrogen (secondary N) is 1. The summed E-state index contributed by atoms with van der Waals surface area (Å²) < 4.78 is 10.8. The summed E-state index contributed by atoms with van der Waals surface area (Å²) in [6, 6.07) is 8.36. The fourth-order valence-electron chi connectivity index (χ4n) is 1.76. The smallest absolute Gasteiger partial charge is 0.270 e. The standard InChI is InChI=1S/C15H17N3O3/c1-3-17-15(19)13-9-11(6-7-18-13)21-10-4-5-14(20-2)12(16)8-10/h4-9H,3,16H2,1-2H3,(H,17,19). The number of nitrogens with two attached hydrogens (primary N) is 1. The number of benzene rings is 1. The summed E-state index contributed by atoms with van der Waals surface area (Å²) in [6.07, 6.45) is 1.52. The zero-order valence-electron chi connectivity index (χ0n) is 11.9. The molecule has 6 heteroatoms. The van der Waals surface area contributed by atoms with Crippen LogP contribution >= 0.6 is 0 Å². The Hall–Kier alpha value is -2.76. The number of anilines is 1. The van der Waals surface area contributed by atoms with Gasteiger partial charge in [-0.1, -0.05) is 0 Å². The maximum atomic E-state index is 11.7. The summed E-state index contributed by atoms with van der Waals surface area (Å²) in [5, 5.41) is 2.68. The fourth-order valence-corrected chi connectivity index (χ4v) is 1.76. The summed E-state index contributed by atoms with van der Waals surface area (Å²) in [7, 11) is 1.55. The molecule has 0 spiro atoms. The van der Waals surface area contributed by atoms with Gasteiger partial charge in [0.15, 0.2) is 0 Å². The maximum Gasteiger partial charge on any atom is 0.270 e. The van der Waals surface area contributed by atoms with Crippen molar-refractivity contribution in [3.8, 4) is 17.2 Å². The van der Waals surface area contributed by atoms with Crippen LogP contribution in [0.15, 0.2) is 36.5 Å². The van der Waals surface area contributed by atoms with Crippen LogP contribution in [0.4, 0.5) is 5.69 Å². The molecule has 0 bridgehead atoms. The SMILES string of the molecule is CCNC(=O)c1cc(Oc2ccc(OC)c(N)c2)ccn1. The van der Waals surface area contributed by atoms with Crippen LogP contribution in [0, 0.1) is 0 Å². The Kier molecular flexibility index (Phi) is 4.61. The largest absolute Gasteiger partial charge is 0.495 e. The van der Waals surface area contributed by atoms with Crippen molar-refractivity contribution < 1.29 is 14.3 Å². The van der Waals surface area contributed by atoms with Crippen molar-refractivity contribution >= 4 is 11.6 Å². The molecular weight excluding hydrogens is 270 g/mol. The number of carbonyl (C=O) groups is 1. The number of nitrogens with zero attached hydrogens (tertiary/aromatic N) is 1. The molecule has 0 aliphatic rings. The van der Waals surface area contributed by atoms with E-state index in [0.717, 1.165) is 0 Å². The first-order valence-corrected chi connectivity index (χ1v) is 6.49. The van der Waals surface area contributed by atoms with Gasteiger partial charge in [-0.15, -0.1) is 0 Å². The van der Waals surface area contributed by atoms with Gasteiger partial charge in [0.2, 0.25) is 0 Å². The monoisotopic (exact) mass is 287 g/mol. The van der Waals surface area contributed by atoms with Gasteiger partial charge >= 0.3 is 0 Å². The minimum Gasteiger partial charge on any atom is -0.495 e. The van der Waals surface area contributed by atoms with E-state index in [0.29, 0.717) is 35.2 Å². The van der Waals surface area contributed by atoms with Crippen molar-refractivity contribution in [1.29, 1.82) is 0 Å². The Labute approximate surface area is 122 Å². The second-order valence-corrected chi connectivity index (χ2v) is 4.24. The lowest BCUT2D eigenvalue weighted by molar-refractivity contribution is 0.0950. The Balaban J connectivity index is 2.18. The summed E-state index contributed by atoms with van der Waals surface area (Å²) in [5.41, 5.74) is 6.60. The van der Waals surface area contributed by atoms with Crippen LogP contribution in [-0.4, -0.2) is 24.5 Å². The van der Waals surface area contributed by atoms with Gasteiger partial charge in [-0.05, 0) is 25.1 Å². The molecule has 0 unspecified atom stereocenters. The third-order valence-corrected chi connectivity index (χ3v) is 2.74. The highest BCUT2D eigenvalue weighted by molar-refractivity contribution is 5.92. The molecule has 3 N–H and O–H groups in total. The molecule has 0 saturated carbocycles. The van der Waals surface area contributed by atoms with Crippen LogP contribution in [0.5, 0.6) is 17.2 Å². The number of hydrogen-bond acceptors (Lipinski definition) is 5. The normalized spacial score (nSPS) is 10.0. The minimum absolute atomic E-state index is 0.239. The molecule has 0 aliphatic heterocycles. The Morgan fingerprint density at radius 1 is 1.29 bits per heavy atom. The van der Waals surface area contributed by atoms with E-state index in [1.807, 2.05) is 6.92 Å². The molecule has 0 saturated heterocycles. The highest BCUT2D eigenvalue weighted by Gasteiger charge is 2.08. The van der Waals surface area contributed by atoms with E-state index in [-0.39, 0.29) is 5.91 Å². The van der Waals surface area contributed by atoms with E-state index in [2.05, 4.69) is 10.3 Å². The number of hydrogen-bond donors (Lipinski definition) is 2. The summed E-state index contributed by atoms with van der Waals surface area (Å²) in [4.78, 5) is 15.7. The molecular formula is C15H17N3O3. The predicted molar refractivity (Wildman–Crippen MR) is 79.7 cm³/mol. The number of ether oxygens (including phenoxy) is 2. The molecule has 0 radical (unpaired) electrons. The van der Waals surface area contributed by atoms with Crippen LogP contribution in [0.1, 0.15) is 17.4 Å². The molecule has 0 atom stereocenters. The predicted octanol–water partition coefficient (Wildman–Crippen LogP) is 2.21. The average Bonchev–Trinajstić information content (AvgIpc) is 2.48. The molecule has 2 rings (SSSR count). The van der Waals surface area contributed by atoms with Gasteiger partial charge in [-0.2, -0.15) is 0 Å². The van der Waals surface area contributed by atoms with Gasteiger partial charge < -0.3 is 20.5 Å². The van der Waals surface area contributed by atoms with E-state index in [1.165, 1.54) is 6.20 Å². The number of methoxy groups -OCH3 is 1. The van der Waals surface area contributed by atoms with Gasteiger partial charge in [-0.3, -0.25) is 9.78 Å². The minimum atomic E-state index is -0.239. The fraction of sp³-hybridized carbons (Fsp3) is 0.200. The quantitative estimate of drug-likeness (QED) is 0.823. The first-order valence-electron chi connectivity index (χ1n) is 6.49. The number of amides is 1. The Morgan fingerprint density at radius 2 is 2.05 bits per heavy atom. The third-order valence-electron chi connectivity index (χ3n) is 2.74. The lowest BCUT2D eigenvalue weighted by Crippen LogP contribution is -2.23. The van der Waals surface area contributed by atoms with Crippen LogP contribution in [-0.2, 0) is 0 Å². The number of nitrogen functional groups attached to an aromatic ring is 1. The zero-order chi connectivity index (χ0) is 15.2. The van der Waals surface area contributed by atoms with Gasteiger partial charge in [0.25, 0.3) is 5.91 Å². The van der Waals surface area contributed by atoms with Crippen LogP contribution in [0.25, 0.3) is 0 Å². The highest BCUT2D eigenvalue weighted by Crippen LogP contribution is 2.29. The lowest BCUT2D eigenvalue weighted by atomic mass is 10.2. The zero-order valence-corrected chi connectivity index (χ0v) is 11.9. The van der Waals surface area contributed by atoms with E-state index >= 15 is 0 Å². The second kappa shape index (κ2) is 6.60. The lowest BCUT2D eigenvalue weighted by Gasteiger charge is -2.09. The Morgan fingerprint density at radius 3 is 2.71 bits per heavy atom. The van der Waals surface area contributed by atoms with Crippen molar-refractivity contribution in [3.05, 3.63) is 42.2 Å². The van der Waals surface area contributed by atoms with Gasteiger partial charge in [0, 0.05) is 24.9 Å². The molecule has 110 valence electrons. The van der Waals surface area contributed by atoms with Gasteiger partial charge in [0.05, 0.1) is 12.8 Å². The topological polar surface area (TPSA) is 86.5 Å². The summed E-state index contributed by atoms with van der Waals surface area (Å²) in [5.74, 6) is 1.41. The van der Waals surface area contributed by atoms with Crippen LogP contribution in [0.2, 0.25) is 0 Å². The molecule has 1 aromatic heterocycles. The van der Waals surface area contributed by atoms with Crippen molar-refractivity contribution in [2.75, 3.05) is 19.4 Å². The van der Waals surface area contributed by atoms with E-state index in [9.17, 15) is 4.79 Å². The summed E-state index contributed by atoms with van der Waals surface area (Å²) in [6.45, 7) is 2.39. The van der Waals surface area contributed by atoms with Crippen molar-refractivity contribution in [2.24, 2.45) is 0 Å². The first kappa shape index (κ1) is 14.6. The third kappa shape index (κ3) is 3.62. The second-order valence-electron chi connectivity index (χ2n) is 4.24. The maximum absolute atomic E-state index is 11.7. The Bertz CT molecular complexity index is 644. The van der Waals surface area contributed by atoms with Crippen molar-refractivity contribution in [3.63, 3.8) is 0 Å². The highest BCUT2D eigenvalue weighted by atomic mass is 16.5. The van der Waals surface area contributed by atoms with E-state index < -0.39 is 0 Å². The van der Waals surface area contributed by atoms with Gasteiger partial charge in [0.1, 0.15) is 22.9 Å². The van der Waals surface area contributed by atoms with Crippen LogP contribution in [0.3, 0.4) is 0 Å². The number of aromatic nitrogens is 1. The molecule has 1 heterocycles. The molecule has 0 fully saturated rings. The number of pyridine rings is 1. The molecule has 0 aliphatic carbocycles. The van der Waals surface area contributed by atoms with Crippen molar-refractivity contribution in [2.45, 2.75) is 6.92 Å². The molecule has 21 heavy (non-hydrogen) atoms. The van der Waals surface area contributed by atoms with Crippen molar-refractivity contribution in [1.82, 2.24) is 10.3 Å². The average molecular weight is 287 g/mol. The first-order chi connectivity index (χ1) is 10.1. The van der Waals surface area contributed by atoms with E-state index in [4.69, 9.17) is 15.2 Å². The summed E-state index contributed by atoms with van der Waals surface area (Å²) >= 11 is 0.